The summed E-state index contributed by atoms with van der Waals surface area (Å²) in [5.41, 5.74) is 1.05. The number of aliphatic imine (C=N–C) groups is 1. The minimum Gasteiger partial charge on any atom is -0.486 e. The molecule has 0 radical (unpaired) electrons. The Morgan fingerprint density at radius 2 is 2.14 bits per heavy atom. The van der Waals surface area contributed by atoms with Gasteiger partial charge in [0.05, 0.1) is 18.1 Å². The van der Waals surface area contributed by atoms with E-state index in [9.17, 15) is 4.79 Å². The molecule has 3 rings (SSSR count). The number of benzene rings is 1. The lowest BCUT2D eigenvalue weighted by atomic mass is 9.99. The van der Waals surface area contributed by atoms with Crippen LogP contribution in [0.4, 0.5) is 0 Å². The molecular weight excluding hydrogens is 382 g/mol. The maximum absolute atomic E-state index is 12.0. The van der Waals surface area contributed by atoms with Crippen LogP contribution in [-0.4, -0.2) is 63.3 Å². The van der Waals surface area contributed by atoms with Gasteiger partial charge in [-0.15, -0.1) is 0 Å². The zero-order chi connectivity index (χ0) is 20.1. The number of likely N-dealkylation sites (tertiary alicyclic amines) is 1. The quantitative estimate of drug-likeness (QED) is 0.457. The summed E-state index contributed by atoms with van der Waals surface area (Å²) in [5, 5.41) is 3.89. The van der Waals surface area contributed by atoms with E-state index in [1.54, 1.807) is 0 Å². The smallest absolute Gasteiger partial charge is 0.310 e. The SMILES string of the molecule is CCNC(=NCCc1cc(Cl)c2c(c1)OCCO2)N1CC(C)C(C(=O)OC)C1. The van der Waals surface area contributed by atoms with Gasteiger partial charge in [0.2, 0.25) is 0 Å². The molecule has 1 saturated heterocycles. The number of esters is 1. The number of rotatable bonds is 5. The Balaban J connectivity index is 1.65. The fourth-order valence-corrected chi connectivity index (χ4v) is 3.91. The largest absolute Gasteiger partial charge is 0.486 e. The van der Waals surface area contributed by atoms with E-state index in [0.29, 0.717) is 42.8 Å². The number of fused-ring (bicyclic) bond motifs is 1. The third-order valence-electron chi connectivity index (χ3n) is 5.07. The van der Waals surface area contributed by atoms with Gasteiger partial charge < -0.3 is 24.4 Å². The molecule has 0 spiro atoms. The molecular formula is C20H28ClN3O4. The maximum atomic E-state index is 12.0. The molecule has 0 aromatic heterocycles. The number of halogens is 1. The van der Waals surface area contributed by atoms with Crippen LogP contribution in [0.15, 0.2) is 17.1 Å². The van der Waals surface area contributed by atoms with Gasteiger partial charge in [-0.3, -0.25) is 9.79 Å². The number of hydrogen-bond donors (Lipinski definition) is 1. The van der Waals surface area contributed by atoms with Gasteiger partial charge in [-0.05, 0) is 37.0 Å². The Kier molecular flexibility index (Phi) is 6.88. The average molecular weight is 410 g/mol. The van der Waals surface area contributed by atoms with Crippen molar-refractivity contribution in [3.05, 3.63) is 22.7 Å². The Morgan fingerprint density at radius 1 is 1.36 bits per heavy atom. The highest BCUT2D eigenvalue weighted by Crippen LogP contribution is 2.38. The maximum Gasteiger partial charge on any atom is 0.310 e. The summed E-state index contributed by atoms with van der Waals surface area (Å²) >= 11 is 6.31. The summed E-state index contributed by atoms with van der Waals surface area (Å²) in [6.07, 6.45) is 0.731. The number of guanidine groups is 1. The molecule has 154 valence electrons. The highest BCUT2D eigenvalue weighted by molar-refractivity contribution is 6.32. The Labute approximate surface area is 171 Å². The fraction of sp³-hybridized carbons (Fsp3) is 0.600. The monoisotopic (exact) mass is 409 g/mol. The van der Waals surface area contributed by atoms with E-state index in [1.807, 2.05) is 19.1 Å². The van der Waals surface area contributed by atoms with Crippen LogP contribution in [-0.2, 0) is 16.0 Å². The number of ether oxygens (including phenoxy) is 3. The van der Waals surface area contributed by atoms with Crippen molar-refractivity contribution in [2.45, 2.75) is 20.3 Å². The van der Waals surface area contributed by atoms with E-state index in [1.165, 1.54) is 7.11 Å². The molecule has 2 aliphatic heterocycles. The molecule has 0 saturated carbocycles. The van der Waals surface area contributed by atoms with Crippen LogP contribution in [0.3, 0.4) is 0 Å². The lowest BCUT2D eigenvalue weighted by molar-refractivity contribution is -0.145. The van der Waals surface area contributed by atoms with Crippen molar-refractivity contribution in [1.29, 1.82) is 0 Å². The Hall–Kier alpha value is -2.15. The van der Waals surface area contributed by atoms with Gasteiger partial charge >= 0.3 is 5.97 Å². The zero-order valence-corrected chi connectivity index (χ0v) is 17.4. The van der Waals surface area contributed by atoms with Crippen LogP contribution in [0.2, 0.25) is 5.02 Å². The number of methoxy groups -OCH3 is 1. The third kappa shape index (κ3) is 4.63. The van der Waals surface area contributed by atoms with Gasteiger partial charge in [0.1, 0.15) is 13.2 Å². The molecule has 7 nitrogen and oxygen atoms in total. The summed E-state index contributed by atoms with van der Waals surface area (Å²) in [6, 6.07) is 3.87. The fourth-order valence-electron chi connectivity index (χ4n) is 3.62. The molecule has 2 atom stereocenters. The molecule has 2 heterocycles. The predicted molar refractivity (Wildman–Crippen MR) is 108 cm³/mol. The second-order valence-electron chi connectivity index (χ2n) is 7.10. The second kappa shape index (κ2) is 9.37. The van der Waals surface area contributed by atoms with Gasteiger partial charge in [-0.25, -0.2) is 0 Å². The minimum absolute atomic E-state index is 0.120. The van der Waals surface area contributed by atoms with Crippen LogP contribution < -0.4 is 14.8 Å². The van der Waals surface area contributed by atoms with E-state index >= 15 is 0 Å². The summed E-state index contributed by atoms with van der Waals surface area (Å²) < 4.78 is 16.1. The van der Waals surface area contributed by atoms with Gasteiger partial charge in [0, 0.05) is 26.2 Å². The van der Waals surface area contributed by atoms with Crippen molar-refractivity contribution in [2.75, 3.05) is 46.5 Å². The first-order chi connectivity index (χ1) is 13.5. The first-order valence-corrected chi connectivity index (χ1v) is 10.1. The summed E-state index contributed by atoms with van der Waals surface area (Å²) in [6.45, 7) is 7.93. The molecule has 1 aromatic rings. The van der Waals surface area contributed by atoms with Gasteiger partial charge in [-0.1, -0.05) is 18.5 Å². The van der Waals surface area contributed by atoms with Gasteiger partial charge in [0.25, 0.3) is 0 Å². The normalized spacial score (nSPS) is 21.6. The summed E-state index contributed by atoms with van der Waals surface area (Å²) in [4.78, 5) is 18.8. The first kappa shape index (κ1) is 20.6. The van der Waals surface area contributed by atoms with Crippen LogP contribution in [0.1, 0.15) is 19.4 Å². The van der Waals surface area contributed by atoms with Crippen molar-refractivity contribution in [3.63, 3.8) is 0 Å². The number of hydrogen-bond acceptors (Lipinski definition) is 5. The van der Waals surface area contributed by atoms with Crippen molar-refractivity contribution in [1.82, 2.24) is 10.2 Å². The van der Waals surface area contributed by atoms with Crippen molar-refractivity contribution < 1.29 is 19.0 Å². The summed E-state index contributed by atoms with van der Waals surface area (Å²) in [7, 11) is 1.44. The van der Waals surface area contributed by atoms with Gasteiger partial charge in [0.15, 0.2) is 17.5 Å². The minimum atomic E-state index is -0.156. The van der Waals surface area contributed by atoms with Crippen molar-refractivity contribution >= 4 is 23.5 Å². The van der Waals surface area contributed by atoms with E-state index < -0.39 is 0 Å². The summed E-state index contributed by atoms with van der Waals surface area (Å²) in [5.74, 6) is 2.09. The van der Waals surface area contributed by atoms with Crippen LogP contribution in [0.5, 0.6) is 11.5 Å². The van der Waals surface area contributed by atoms with E-state index in [2.05, 4.69) is 17.1 Å². The highest BCUT2D eigenvalue weighted by Gasteiger charge is 2.36. The predicted octanol–water partition coefficient (Wildman–Crippen LogP) is 2.36. The molecule has 28 heavy (non-hydrogen) atoms. The number of nitrogens with zero attached hydrogens (tertiary/aromatic N) is 2. The lowest BCUT2D eigenvalue weighted by Crippen LogP contribution is -2.40. The molecule has 1 fully saturated rings. The molecule has 8 heteroatoms. The Bertz CT molecular complexity index is 740. The number of carbonyl (C=O) groups is 1. The molecule has 1 N–H and O–H groups in total. The van der Waals surface area contributed by atoms with Gasteiger partial charge in [-0.2, -0.15) is 0 Å². The molecule has 2 aliphatic rings. The van der Waals surface area contributed by atoms with Crippen LogP contribution in [0.25, 0.3) is 0 Å². The number of nitrogens with one attached hydrogen (secondary N) is 1. The molecule has 0 amide bonds. The van der Waals surface area contributed by atoms with E-state index in [0.717, 1.165) is 31.0 Å². The molecule has 1 aromatic carbocycles. The van der Waals surface area contributed by atoms with E-state index in [-0.39, 0.29) is 17.8 Å². The standard InChI is InChI=1S/C20H28ClN3O4/c1-4-22-20(24-11-13(2)15(12-24)19(25)26-3)23-6-5-14-9-16(21)18-17(10-14)27-7-8-28-18/h9-10,13,15H,4-8,11-12H2,1-3H3,(H,22,23). The molecule has 2 unspecified atom stereocenters. The second-order valence-corrected chi connectivity index (χ2v) is 7.51. The topological polar surface area (TPSA) is 72.4 Å². The third-order valence-corrected chi connectivity index (χ3v) is 5.35. The lowest BCUT2D eigenvalue weighted by Gasteiger charge is -2.22. The van der Waals surface area contributed by atoms with Crippen molar-refractivity contribution in [3.8, 4) is 11.5 Å². The molecule has 0 aliphatic carbocycles. The number of carbonyl (C=O) groups excluding carboxylic acids is 1. The average Bonchev–Trinajstić information content (AvgIpc) is 3.08. The highest BCUT2D eigenvalue weighted by atomic mass is 35.5. The van der Waals surface area contributed by atoms with Crippen LogP contribution >= 0.6 is 11.6 Å². The van der Waals surface area contributed by atoms with Crippen LogP contribution in [0, 0.1) is 11.8 Å². The van der Waals surface area contributed by atoms with E-state index in [4.69, 9.17) is 30.8 Å². The van der Waals surface area contributed by atoms with Crippen molar-refractivity contribution in [2.24, 2.45) is 16.8 Å². The first-order valence-electron chi connectivity index (χ1n) is 9.72. The zero-order valence-electron chi connectivity index (χ0n) is 16.7. The Morgan fingerprint density at radius 3 is 2.89 bits per heavy atom. The molecule has 0 bridgehead atoms.